The first-order valence-corrected chi connectivity index (χ1v) is 4.68. The summed E-state index contributed by atoms with van der Waals surface area (Å²) in [5.74, 6) is 0. The first kappa shape index (κ1) is 11.9. The molecule has 0 amide bonds. The van der Waals surface area contributed by atoms with E-state index < -0.39 is 0 Å². The van der Waals surface area contributed by atoms with Crippen LogP contribution in [0.25, 0.3) is 0 Å². The molecule has 0 aromatic heterocycles. The first-order valence-electron chi connectivity index (χ1n) is 4.68. The standard InChI is InChI=1S/C9H21NO2/c1-3-4-5-6-10-9(7-11)8-12-2/h9-11H,3-8H2,1-2H3. The Balaban J connectivity index is 3.19. The molecule has 0 fully saturated rings. The Bertz CT molecular complexity index is 88.6. The van der Waals surface area contributed by atoms with Crippen molar-refractivity contribution in [2.24, 2.45) is 0 Å². The largest absolute Gasteiger partial charge is 0.395 e. The summed E-state index contributed by atoms with van der Waals surface area (Å²) in [5, 5.41) is 12.1. The summed E-state index contributed by atoms with van der Waals surface area (Å²) in [6, 6.07) is 0.104. The van der Waals surface area contributed by atoms with Gasteiger partial charge in [-0.2, -0.15) is 0 Å². The van der Waals surface area contributed by atoms with Crippen molar-refractivity contribution in [1.82, 2.24) is 5.32 Å². The lowest BCUT2D eigenvalue weighted by molar-refractivity contribution is 0.128. The van der Waals surface area contributed by atoms with Gasteiger partial charge in [-0.05, 0) is 13.0 Å². The molecule has 3 heteroatoms. The summed E-state index contributed by atoms with van der Waals surface area (Å²) in [6.07, 6.45) is 3.66. The van der Waals surface area contributed by atoms with E-state index in [-0.39, 0.29) is 12.6 Å². The molecule has 0 saturated heterocycles. The third-order valence-electron chi connectivity index (χ3n) is 1.80. The molecule has 0 aromatic carbocycles. The summed E-state index contributed by atoms with van der Waals surface area (Å²) in [7, 11) is 1.65. The van der Waals surface area contributed by atoms with E-state index in [1.165, 1.54) is 19.3 Å². The number of methoxy groups -OCH3 is 1. The quantitative estimate of drug-likeness (QED) is 0.535. The average Bonchev–Trinajstić information content (AvgIpc) is 2.10. The predicted molar refractivity (Wildman–Crippen MR) is 50.3 cm³/mol. The van der Waals surface area contributed by atoms with Gasteiger partial charge in [0.1, 0.15) is 0 Å². The number of nitrogens with one attached hydrogen (secondary N) is 1. The van der Waals surface area contributed by atoms with Crippen LogP contribution in [-0.4, -0.2) is 38.0 Å². The van der Waals surface area contributed by atoms with Gasteiger partial charge < -0.3 is 15.2 Å². The number of aliphatic hydroxyl groups excluding tert-OH is 1. The number of aliphatic hydroxyl groups is 1. The predicted octanol–water partition coefficient (Wildman–Crippen LogP) is 0.773. The van der Waals surface area contributed by atoms with Crippen LogP contribution in [-0.2, 0) is 4.74 Å². The molecule has 0 aromatic rings. The van der Waals surface area contributed by atoms with Crippen molar-refractivity contribution in [1.29, 1.82) is 0 Å². The van der Waals surface area contributed by atoms with Crippen molar-refractivity contribution in [3.05, 3.63) is 0 Å². The maximum Gasteiger partial charge on any atom is 0.0638 e. The van der Waals surface area contributed by atoms with Gasteiger partial charge >= 0.3 is 0 Å². The lowest BCUT2D eigenvalue weighted by atomic mass is 10.2. The van der Waals surface area contributed by atoms with Gasteiger partial charge in [-0.25, -0.2) is 0 Å². The molecular formula is C9H21NO2. The van der Waals surface area contributed by atoms with Gasteiger partial charge in [-0.15, -0.1) is 0 Å². The fourth-order valence-corrected chi connectivity index (χ4v) is 1.06. The second kappa shape index (κ2) is 8.97. The van der Waals surface area contributed by atoms with E-state index in [1.807, 2.05) is 0 Å². The summed E-state index contributed by atoms with van der Waals surface area (Å²) < 4.78 is 4.93. The van der Waals surface area contributed by atoms with E-state index >= 15 is 0 Å². The summed E-state index contributed by atoms with van der Waals surface area (Å²) in [5.41, 5.74) is 0. The minimum Gasteiger partial charge on any atom is -0.395 e. The van der Waals surface area contributed by atoms with Crippen LogP contribution in [0.4, 0.5) is 0 Å². The number of ether oxygens (including phenoxy) is 1. The number of hydrogen-bond acceptors (Lipinski definition) is 3. The van der Waals surface area contributed by atoms with E-state index in [0.29, 0.717) is 6.61 Å². The minimum absolute atomic E-state index is 0.104. The van der Waals surface area contributed by atoms with E-state index in [0.717, 1.165) is 6.54 Å². The van der Waals surface area contributed by atoms with Crippen LogP contribution in [0.5, 0.6) is 0 Å². The Morgan fingerprint density at radius 2 is 2.17 bits per heavy atom. The van der Waals surface area contributed by atoms with Crippen molar-refractivity contribution < 1.29 is 9.84 Å². The number of rotatable bonds is 8. The van der Waals surface area contributed by atoms with E-state index in [9.17, 15) is 0 Å². The lowest BCUT2D eigenvalue weighted by Crippen LogP contribution is -2.36. The highest BCUT2D eigenvalue weighted by Crippen LogP contribution is 1.92. The molecule has 0 aliphatic rings. The summed E-state index contributed by atoms with van der Waals surface area (Å²) >= 11 is 0. The molecule has 0 aliphatic heterocycles. The average molecular weight is 175 g/mol. The monoisotopic (exact) mass is 175 g/mol. The third-order valence-corrected chi connectivity index (χ3v) is 1.80. The van der Waals surface area contributed by atoms with E-state index in [1.54, 1.807) is 7.11 Å². The molecule has 1 unspecified atom stereocenters. The minimum atomic E-state index is 0.104. The van der Waals surface area contributed by atoms with Crippen molar-refractivity contribution in [3.8, 4) is 0 Å². The topological polar surface area (TPSA) is 41.5 Å². The molecule has 0 bridgehead atoms. The van der Waals surface area contributed by atoms with Crippen LogP contribution in [0.3, 0.4) is 0 Å². The molecule has 1 atom stereocenters. The summed E-state index contributed by atoms with van der Waals surface area (Å²) in [4.78, 5) is 0. The van der Waals surface area contributed by atoms with Gasteiger partial charge in [-0.3, -0.25) is 0 Å². The van der Waals surface area contributed by atoms with E-state index in [4.69, 9.17) is 9.84 Å². The Morgan fingerprint density at radius 3 is 2.67 bits per heavy atom. The summed E-state index contributed by atoms with van der Waals surface area (Å²) in [6.45, 7) is 3.89. The SMILES string of the molecule is CCCCCNC(CO)COC. The van der Waals surface area contributed by atoms with Gasteiger partial charge in [0.15, 0.2) is 0 Å². The van der Waals surface area contributed by atoms with Crippen molar-refractivity contribution in [2.75, 3.05) is 26.9 Å². The molecule has 0 saturated carbocycles. The fraction of sp³-hybridized carbons (Fsp3) is 1.00. The molecule has 2 N–H and O–H groups in total. The Morgan fingerprint density at radius 1 is 1.42 bits per heavy atom. The molecule has 12 heavy (non-hydrogen) atoms. The zero-order valence-electron chi connectivity index (χ0n) is 8.18. The second-order valence-corrected chi connectivity index (χ2v) is 3.00. The van der Waals surface area contributed by atoms with Crippen LogP contribution >= 0.6 is 0 Å². The molecule has 0 heterocycles. The molecule has 0 aliphatic carbocycles. The smallest absolute Gasteiger partial charge is 0.0638 e. The molecule has 0 spiro atoms. The second-order valence-electron chi connectivity index (χ2n) is 3.00. The highest BCUT2D eigenvalue weighted by Gasteiger charge is 2.03. The van der Waals surface area contributed by atoms with Gasteiger partial charge in [0.2, 0.25) is 0 Å². The molecule has 3 nitrogen and oxygen atoms in total. The number of unbranched alkanes of at least 4 members (excludes halogenated alkanes) is 2. The maximum absolute atomic E-state index is 8.87. The van der Waals surface area contributed by atoms with Crippen molar-refractivity contribution >= 4 is 0 Å². The van der Waals surface area contributed by atoms with Crippen LogP contribution in [0.1, 0.15) is 26.2 Å². The van der Waals surface area contributed by atoms with Crippen molar-refractivity contribution in [3.63, 3.8) is 0 Å². The lowest BCUT2D eigenvalue weighted by Gasteiger charge is -2.14. The molecule has 74 valence electrons. The highest BCUT2D eigenvalue weighted by atomic mass is 16.5. The zero-order chi connectivity index (χ0) is 9.23. The van der Waals surface area contributed by atoms with Gasteiger partial charge in [-0.1, -0.05) is 19.8 Å². The van der Waals surface area contributed by atoms with E-state index in [2.05, 4.69) is 12.2 Å². The van der Waals surface area contributed by atoms with Crippen LogP contribution in [0.2, 0.25) is 0 Å². The molecule has 0 radical (unpaired) electrons. The zero-order valence-corrected chi connectivity index (χ0v) is 8.18. The third kappa shape index (κ3) is 6.58. The number of hydrogen-bond donors (Lipinski definition) is 2. The fourth-order valence-electron chi connectivity index (χ4n) is 1.06. The molecular weight excluding hydrogens is 154 g/mol. The van der Waals surface area contributed by atoms with Gasteiger partial charge in [0.25, 0.3) is 0 Å². The normalized spacial score (nSPS) is 13.2. The van der Waals surface area contributed by atoms with Gasteiger partial charge in [0.05, 0.1) is 19.3 Å². The first-order chi connectivity index (χ1) is 5.85. The van der Waals surface area contributed by atoms with Gasteiger partial charge in [0, 0.05) is 7.11 Å². The van der Waals surface area contributed by atoms with Crippen molar-refractivity contribution in [2.45, 2.75) is 32.2 Å². The highest BCUT2D eigenvalue weighted by molar-refractivity contribution is 4.63. The maximum atomic E-state index is 8.87. The Hall–Kier alpha value is -0.120. The van der Waals surface area contributed by atoms with Crippen LogP contribution in [0.15, 0.2) is 0 Å². The van der Waals surface area contributed by atoms with Crippen LogP contribution in [0, 0.1) is 0 Å². The van der Waals surface area contributed by atoms with Crippen LogP contribution < -0.4 is 5.32 Å². The Kier molecular flexibility index (Phi) is 8.88. The molecule has 0 rings (SSSR count). The Labute approximate surface area is 75.1 Å².